The number of hydrogen-bond donors (Lipinski definition) is 1. The summed E-state index contributed by atoms with van der Waals surface area (Å²) in [5, 5.41) is 7.12. The lowest BCUT2D eigenvalue weighted by atomic mass is 10.1. The maximum atomic E-state index is 13.6. The molecule has 158 valence electrons. The Bertz CT molecular complexity index is 1140. The van der Waals surface area contributed by atoms with Gasteiger partial charge in [0, 0.05) is 11.8 Å². The Morgan fingerprint density at radius 3 is 2.20 bits per heavy atom. The Balaban J connectivity index is 2.04. The van der Waals surface area contributed by atoms with Gasteiger partial charge in [0.1, 0.15) is 5.69 Å². The van der Waals surface area contributed by atoms with E-state index in [9.17, 15) is 18.0 Å². The zero-order valence-electron chi connectivity index (χ0n) is 16.7. The summed E-state index contributed by atoms with van der Waals surface area (Å²) in [5.74, 6) is -3.19. The second-order valence-electron chi connectivity index (χ2n) is 6.50. The highest BCUT2D eigenvalue weighted by atomic mass is 19.2. The standard InChI is InChI=1S/C20H19F3N4O3/c1-10-5-16(29-3)17(30-4)8-15(10)24-20-25-19(28)11(2)26-27(20)9-12-6-13(21)18(23)14(22)7-12/h5-8H,9H2,1-4H3,(H,24,25,28). The van der Waals surface area contributed by atoms with Gasteiger partial charge in [-0.05, 0) is 43.2 Å². The summed E-state index contributed by atoms with van der Waals surface area (Å²) in [7, 11) is 2.99. The molecule has 0 aliphatic heterocycles. The fraction of sp³-hybridized carbons (Fsp3) is 0.250. The van der Waals surface area contributed by atoms with Crippen molar-refractivity contribution in [1.29, 1.82) is 0 Å². The van der Waals surface area contributed by atoms with Crippen LogP contribution in [-0.2, 0) is 6.54 Å². The predicted octanol–water partition coefficient (Wildman–Crippen LogP) is 3.48. The number of aryl methyl sites for hydroxylation is 2. The number of halogens is 3. The number of benzene rings is 2. The monoisotopic (exact) mass is 420 g/mol. The summed E-state index contributed by atoms with van der Waals surface area (Å²) in [6, 6.07) is 5.11. The highest BCUT2D eigenvalue weighted by Crippen LogP contribution is 2.34. The van der Waals surface area contributed by atoms with Crippen molar-refractivity contribution in [3.05, 3.63) is 68.9 Å². The lowest BCUT2D eigenvalue weighted by Gasteiger charge is -2.17. The summed E-state index contributed by atoms with van der Waals surface area (Å²) in [6.07, 6.45) is 0. The Morgan fingerprint density at radius 2 is 1.60 bits per heavy atom. The van der Waals surface area contributed by atoms with E-state index < -0.39 is 23.0 Å². The molecule has 0 bridgehead atoms. The Morgan fingerprint density at radius 1 is 1.00 bits per heavy atom. The van der Waals surface area contributed by atoms with Gasteiger partial charge in [-0.25, -0.2) is 17.9 Å². The summed E-state index contributed by atoms with van der Waals surface area (Å²) in [5.41, 5.74) is 0.940. The average Bonchev–Trinajstić information content (AvgIpc) is 2.70. The van der Waals surface area contributed by atoms with Gasteiger partial charge in [-0.2, -0.15) is 10.1 Å². The number of nitrogens with zero attached hydrogens (tertiary/aromatic N) is 3. The fourth-order valence-electron chi connectivity index (χ4n) is 2.82. The van der Waals surface area contributed by atoms with Crippen LogP contribution in [0.5, 0.6) is 11.5 Å². The third kappa shape index (κ3) is 4.22. The minimum atomic E-state index is -1.56. The van der Waals surface area contributed by atoms with Gasteiger partial charge in [0.15, 0.2) is 29.0 Å². The van der Waals surface area contributed by atoms with Gasteiger partial charge < -0.3 is 14.8 Å². The SMILES string of the molecule is COc1cc(C)c(Nc2nc(=O)c(C)nn2Cc2cc(F)c(F)c(F)c2)cc1OC. The van der Waals surface area contributed by atoms with Crippen LogP contribution < -0.4 is 20.3 Å². The van der Waals surface area contributed by atoms with E-state index in [1.807, 2.05) is 0 Å². The van der Waals surface area contributed by atoms with E-state index in [0.29, 0.717) is 17.2 Å². The molecule has 0 aliphatic rings. The molecule has 1 aromatic heterocycles. The zero-order chi connectivity index (χ0) is 22.0. The second kappa shape index (κ2) is 8.44. The molecule has 10 heteroatoms. The molecular formula is C20H19F3N4O3. The van der Waals surface area contributed by atoms with E-state index in [-0.39, 0.29) is 23.8 Å². The Labute approximate surface area is 170 Å². The molecule has 30 heavy (non-hydrogen) atoms. The van der Waals surface area contributed by atoms with Gasteiger partial charge in [-0.1, -0.05) is 0 Å². The molecule has 0 spiro atoms. The first-order valence-electron chi connectivity index (χ1n) is 8.82. The molecular weight excluding hydrogens is 401 g/mol. The number of ether oxygens (including phenoxy) is 2. The largest absolute Gasteiger partial charge is 0.493 e. The van der Waals surface area contributed by atoms with Crippen molar-refractivity contribution in [3.8, 4) is 11.5 Å². The van der Waals surface area contributed by atoms with Gasteiger partial charge in [0.05, 0.1) is 20.8 Å². The minimum absolute atomic E-state index is 0.0334. The van der Waals surface area contributed by atoms with Gasteiger partial charge in [0.2, 0.25) is 5.95 Å². The summed E-state index contributed by atoms with van der Waals surface area (Å²) >= 11 is 0. The van der Waals surface area contributed by atoms with Crippen LogP contribution in [0.25, 0.3) is 0 Å². The van der Waals surface area contributed by atoms with Crippen molar-refractivity contribution >= 4 is 11.6 Å². The molecule has 0 atom stereocenters. The second-order valence-corrected chi connectivity index (χ2v) is 6.50. The van der Waals surface area contributed by atoms with Gasteiger partial charge in [0.25, 0.3) is 5.56 Å². The highest BCUT2D eigenvalue weighted by Gasteiger charge is 2.15. The van der Waals surface area contributed by atoms with Crippen molar-refractivity contribution < 1.29 is 22.6 Å². The number of aromatic nitrogens is 3. The van der Waals surface area contributed by atoms with Crippen molar-refractivity contribution in [1.82, 2.24) is 14.8 Å². The predicted molar refractivity (Wildman–Crippen MR) is 104 cm³/mol. The lowest BCUT2D eigenvalue weighted by molar-refractivity contribution is 0.355. The molecule has 0 unspecified atom stereocenters. The summed E-state index contributed by atoms with van der Waals surface area (Å²) in [6.45, 7) is 3.11. The van der Waals surface area contributed by atoms with Gasteiger partial charge in [-0.3, -0.25) is 4.79 Å². The Hall–Kier alpha value is -3.56. The third-order valence-electron chi connectivity index (χ3n) is 4.39. The smallest absolute Gasteiger partial charge is 0.296 e. The van der Waals surface area contributed by atoms with Crippen LogP contribution in [0, 0.1) is 31.3 Å². The number of rotatable bonds is 6. The number of hydrogen-bond acceptors (Lipinski definition) is 6. The van der Waals surface area contributed by atoms with Crippen LogP contribution in [0.15, 0.2) is 29.1 Å². The van der Waals surface area contributed by atoms with Crippen LogP contribution >= 0.6 is 0 Å². The van der Waals surface area contributed by atoms with E-state index >= 15 is 0 Å². The minimum Gasteiger partial charge on any atom is -0.493 e. The van der Waals surface area contributed by atoms with E-state index in [1.54, 1.807) is 19.1 Å². The Kier molecular flexibility index (Phi) is 5.95. The number of anilines is 2. The molecule has 0 fully saturated rings. The summed E-state index contributed by atoms with van der Waals surface area (Å²) in [4.78, 5) is 16.0. The molecule has 3 rings (SSSR count). The number of nitrogens with one attached hydrogen (secondary N) is 1. The first-order valence-corrected chi connectivity index (χ1v) is 8.82. The molecule has 1 heterocycles. The zero-order valence-corrected chi connectivity index (χ0v) is 16.7. The lowest BCUT2D eigenvalue weighted by Crippen LogP contribution is -2.23. The fourth-order valence-corrected chi connectivity index (χ4v) is 2.82. The molecule has 7 nitrogen and oxygen atoms in total. The average molecular weight is 420 g/mol. The van der Waals surface area contributed by atoms with Crippen LogP contribution in [0.3, 0.4) is 0 Å². The third-order valence-corrected chi connectivity index (χ3v) is 4.39. The molecule has 1 N–H and O–H groups in total. The molecule has 0 saturated carbocycles. The quantitative estimate of drug-likeness (QED) is 0.616. The molecule has 0 amide bonds. The van der Waals surface area contributed by atoms with Crippen molar-refractivity contribution in [3.63, 3.8) is 0 Å². The van der Waals surface area contributed by atoms with Crippen molar-refractivity contribution in [2.24, 2.45) is 0 Å². The highest BCUT2D eigenvalue weighted by molar-refractivity contribution is 5.64. The maximum absolute atomic E-state index is 13.6. The van der Waals surface area contributed by atoms with Crippen LogP contribution in [0.4, 0.5) is 24.8 Å². The first kappa shape index (κ1) is 21.2. The molecule has 0 aliphatic carbocycles. The van der Waals surface area contributed by atoms with Crippen molar-refractivity contribution in [2.45, 2.75) is 20.4 Å². The van der Waals surface area contributed by atoms with Crippen LogP contribution in [-0.4, -0.2) is 29.0 Å². The molecule has 0 radical (unpaired) electrons. The first-order chi connectivity index (χ1) is 14.2. The molecule has 0 saturated heterocycles. The molecule has 3 aromatic rings. The van der Waals surface area contributed by atoms with Crippen molar-refractivity contribution in [2.75, 3.05) is 19.5 Å². The summed E-state index contributed by atoms with van der Waals surface area (Å²) < 4.78 is 52.2. The van der Waals surface area contributed by atoms with Gasteiger partial charge in [-0.15, -0.1) is 0 Å². The topological polar surface area (TPSA) is 78.3 Å². The van der Waals surface area contributed by atoms with E-state index in [4.69, 9.17) is 9.47 Å². The molecule has 2 aromatic carbocycles. The maximum Gasteiger partial charge on any atom is 0.296 e. The normalized spacial score (nSPS) is 10.8. The van der Waals surface area contributed by atoms with Crippen LogP contribution in [0.1, 0.15) is 16.8 Å². The van der Waals surface area contributed by atoms with Gasteiger partial charge >= 0.3 is 0 Å². The van der Waals surface area contributed by atoms with Crippen LogP contribution in [0.2, 0.25) is 0 Å². The van der Waals surface area contributed by atoms with E-state index in [0.717, 1.165) is 17.7 Å². The van der Waals surface area contributed by atoms with E-state index in [1.165, 1.54) is 25.8 Å². The number of methoxy groups -OCH3 is 2. The van der Waals surface area contributed by atoms with E-state index in [2.05, 4.69) is 15.4 Å².